The molecule has 20 aromatic rings. The Morgan fingerprint density at radius 2 is 0.669 bits per heavy atom. The molecule has 2 aliphatic carbocycles. The quantitative estimate of drug-likeness (QED) is 0.133. The van der Waals surface area contributed by atoms with Crippen LogP contribution in [0.25, 0.3) is 114 Å². The summed E-state index contributed by atoms with van der Waals surface area (Å²) in [6.07, 6.45) is 26.1. The maximum absolute atomic E-state index is 10.1. The zero-order valence-electron chi connectivity index (χ0n) is 73.3. The van der Waals surface area contributed by atoms with Gasteiger partial charge in [0.25, 0.3) is 0 Å². The first kappa shape index (κ1) is 105. The van der Waals surface area contributed by atoms with E-state index in [1.807, 2.05) is 193 Å². The number of hydrogen-bond acceptors (Lipinski definition) is 24. The number of pyridine rings is 8. The zero-order valence-corrected chi connectivity index (χ0v) is 84.7. The first-order valence-electron chi connectivity index (χ1n) is 40.3. The van der Waals surface area contributed by atoms with Crippen LogP contribution in [-0.4, -0.2) is 127 Å². The summed E-state index contributed by atoms with van der Waals surface area (Å²) in [5, 5.41) is 82.4. The standard InChI is InChI=1S/C20H20N3.4C9H8N3.4C8H7N4.C6H5NO2.5Pt/c1-19(2)14-8-10-20(19,3)18-15(14)17(22-23-18)16-13-7-5-4-6-12(13)9-11-21-16;4*1-7-6-9(12-11-7)8-4-2-3-5-10-8;2*1-6-4-7(12-11-6)8-5-9-2-3-10-8;2*1-6-10-8(12-11-6)7-4-2-3-5-9-7;8-6(9)5-3-1-2-4-7-5;;;;;/h4-7,9,11,14H,8,10H2,1-3H3;4*2-6H,1H3;4*2-5H,1H3;1-4H,(H,8,9);;;;;/q9*-1;;;4*+2. The summed E-state index contributed by atoms with van der Waals surface area (Å²) in [6, 6.07) is 60.8. The Labute approximate surface area is 838 Å². The Morgan fingerprint density at radius 1 is 0.338 bits per heavy atom. The van der Waals surface area contributed by atoms with Gasteiger partial charge in [-0.25, -0.2) is 9.78 Å². The van der Waals surface area contributed by atoms with Crippen LogP contribution in [0.5, 0.6) is 0 Å². The molecule has 0 radical (unpaired) electrons. The van der Waals surface area contributed by atoms with E-state index in [4.69, 9.17) is 5.11 Å². The summed E-state index contributed by atoms with van der Waals surface area (Å²) in [6.45, 7) is 22.2. The van der Waals surface area contributed by atoms with Crippen molar-refractivity contribution < 1.29 is 115 Å². The number of carboxylic acids is 1. The van der Waals surface area contributed by atoms with Gasteiger partial charge < -0.3 is 96.7 Å². The fourth-order valence-electron chi connectivity index (χ4n) is 13.3. The first-order valence-corrected chi connectivity index (χ1v) is 40.3. The molecule has 19 aromatic heterocycles. The van der Waals surface area contributed by atoms with E-state index in [-0.39, 0.29) is 122 Å². The largest absolute Gasteiger partial charge is 2.00 e. The van der Waals surface area contributed by atoms with Crippen LogP contribution in [0.4, 0.5) is 0 Å². The predicted octanol–water partition coefficient (Wildman–Crippen LogP) is 14.0. The molecule has 22 rings (SSSR count). The smallest absolute Gasteiger partial charge is 0.574 e. The molecule has 684 valence electrons. The summed E-state index contributed by atoms with van der Waals surface area (Å²) in [7, 11) is 0. The van der Waals surface area contributed by atoms with Crippen molar-refractivity contribution in [1.29, 1.82) is 0 Å². The van der Waals surface area contributed by atoms with Crippen LogP contribution >= 0.6 is 0 Å². The molecule has 34 nitrogen and oxygen atoms in total. The number of hydrogen-bond donors (Lipinski definition) is 1. The van der Waals surface area contributed by atoms with Gasteiger partial charge in [0.15, 0.2) is 0 Å². The van der Waals surface area contributed by atoms with Gasteiger partial charge in [0, 0.05) is 181 Å². The van der Waals surface area contributed by atoms with Gasteiger partial charge in [-0.2, -0.15) is 0 Å². The number of rotatable bonds is 10. The second-order valence-electron chi connectivity index (χ2n) is 29.4. The SMILES string of the molecule is CC12CCC(c3c1n[n-]c3-c1nccc3ccccc13)C2(C)C.Cc1cc(-c2ccccn2)[n-]n1.Cc1cc(-c2ccccn2)[n-]n1.Cc1cc(-c2ccccn2)[n-]n1.Cc1cc(-c2ccccn2)[n-]n1.Cc1cc(-c2cnccn2)[n-]n1.Cc1cc(-c2cnccn2)[n-]n1.Cc1n[n-]c(-c2ccccn2)n1.Cc1n[n-]c(-c2ccccn2)n1.O=C(O)c1ccccn1.[Pt+2].[Pt+2].[Pt+2].[Pt+2].[Pt]. The van der Waals surface area contributed by atoms with Gasteiger partial charge >= 0.3 is 90.2 Å². The Kier molecular flexibility index (Phi) is 40.9. The molecule has 19 heterocycles. The normalized spacial score (nSPS) is 12.6. The van der Waals surface area contributed by atoms with Gasteiger partial charge in [-0.3, -0.25) is 65.0 Å². The zero-order chi connectivity index (χ0) is 89.6. The topological polar surface area (TPSA) is 461 Å². The van der Waals surface area contributed by atoms with Gasteiger partial charge in [-0.15, -0.1) is 0 Å². The van der Waals surface area contributed by atoms with Crippen molar-refractivity contribution in [3.8, 4) is 103 Å². The number of benzene rings is 1. The van der Waals surface area contributed by atoms with Crippen molar-refractivity contribution in [1.82, 2.24) is 162 Å². The average Bonchev–Trinajstić information content (AvgIpc) is 1.52. The number of nitrogens with zero attached hydrogens (tertiary/aromatic N) is 32. The molecule has 0 spiro atoms. The molecule has 0 aliphatic heterocycles. The van der Waals surface area contributed by atoms with E-state index in [1.54, 1.807) is 100 Å². The summed E-state index contributed by atoms with van der Waals surface area (Å²) >= 11 is 0. The van der Waals surface area contributed by atoms with E-state index in [0.717, 1.165) is 125 Å². The molecular weight excluding hydrogens is 2580 g/mol. The van der Waals surface area contributed by atoms with Crippen molar-refractivity contribution in [3.05, 3.63) is 344 Å². The van der Waals surface area contributed by atoms with E-state index >= 15 is 0 Å². The van der Waals surface area contributed by atoms with Gasteiger partial charge in [-0.05, 0) is 193 Å². The molecule has 1 N–H and O–H groups in total. The summed E-state index contributed by atoms with van der Waals surface area (Å²) in [4.78, 5) is 67.5. The molecule has 2 aliphatic rings. The maximum Gasteiger partial charge on any atom is 2.00 e. The fourth-order valence-corrected chi connectivity index (χ4v) is 13.3. The minimum atomic E-state index is -0.990. The van der Waals surface area contributed by atoms with Crippen molar-refractivity contribution in [2.45, 2.75) is 100 Å². The van der Waals surface area contributed by atoms with Gasteiger partial charge in [0.2, 0.25) is 0 Å². The van der Waals surface area contributed by atoms with E-state index in [0.29, 0.717) is 29.2 Å². The molecule has 2 bridgehead atoms. The first-order chi connectivity index (χ1) is 62.2. The van der Waals surface area contributed by atoms with Crippen molar-refractivity contribution in [2.24, 2.45) is 5.41 Å². The molecule has 133 heavy (non-hydrogen) atoms. The van der Waals surface area contributed by atoms with Gasteiger partial charge in [0.05, 0.1) is 40.9 Å². The number of aryl methyl sites for hydroxylation is 8. The number of aromatic nitrogens is 32. The minimum Gasteiger partial charge on any atom is -0.574 e. The van der Waals surface area contributed by atoms with E-state index in [9.17, 15) is 4.79 Å². The third-order valence-electron chi connectivity index (χ3n) is 19.9. The molecular formula is C94H85N32O2Pt5-. The molecule has 2 atom stereocenters. The number of carboxylic acid groups (broad SMARTS) is 1. The van der Waals surface area contributed by atoms with Crippen LogP contribution in [0.2, 0.25) is 0 Å². The monoisotopic (exact) mass is 2670 g/mol. The molecule has 1 aromatic carbocycles. The van der Waals surface area contributed by atoms with Crippen LogP contribution in [0.1, 0.15) is 107 Å². The van der Waals surface area contributed by atoms with E-state index in [2.05, 4.69) is 213 Å². The molecule has 2 unspecified atom stereocenters. The van der Waals surface area contributed by atoms with Crippen LogP contribution in [0.3, 0.4) is 0 Å². The summed E-state index contributed by atoms with van der Waals surface area (Å²) in [5.41, 5.74) is 22.1. The Balaban J connectivity index is 0.000000183. The van der Waals surface area contributed by atoms with Gasteiger partial charge in [0.1, 0.15) is 5.69 Å². The second-order valence-corrected chi connectivity index (χ2v) is 29.4. The Morgan fingerprint density at radius 3 is 0.962 bits per heavy atom. The van der Waals surface area contributed by atoms with Crippen molar-refractivity contribution >= 4 is 16.7 Å². The number of carbonyl (C=O) groups is 1. The minimum absolute atomic E-state index is 0. The predicted molar refractivity (Wildman–Crippen MR) is 478 cm³/mol. The molecule has 1 saturated carbocycles. The van der Waals surface area contributed by atoms with Crippen LogP contribution in [0.15, 0.2) is 281 Å². The van der Waals surface area contributed by atoms with E-state index < -0.39 is 5.97 Å². The summed E-state index contributed by atoms with van der Waals surface area (Å²) < 4.78 is 0. The summed E-state index contributed by atoms with van der Waals surface area (Å²) in [5.74, 6) is 2.09. The Hall–Kier alpha value is -13.5. The molecule has 0 amide bonds. The Bertz CT molecular complexity index is 5830. The van der Waals surface area contributed by atoms with Crippen molar-refractivity contribution in [2.75, 3.05) is 0 Å². The average molecular weight is 2670 g/mol. The van der Waals surface area contributed by atoms with Crippen LogP contribution in [0, 0.1) is 60.8 Å². The van der Waals surface area contributed by atoms with Crippen LogP contribution < -0.4 is 45.9 Å². The number of fused-ring (bicyclic) bond motifs is 6. The third-order valence-corrected chi connectivity index (χ3v) is 19.9. The molecule has 0 saturated heterocycles. The molecule has 1 fully saturated rings. The maximum atomic E-state index is 10.1. The second kappa shape index (κ2) is 51.9. The van der Waals surface area contributed by atoms with Gasteiger partial charge in [-0.1, -0.05) is 164 Å². The van der Waals surface area contributed by atoms with Crippen molar-refractivity contribution in [3.63, 3.8) is 0 Å². The fraction of sp³-hybridized carbons (Fsp3) is 0.170. The number of aromatic carboxylic acids is 1. The molecule has 39 heteroatoms. The van der Waals surface area contributed by atoms with E-state index in [1.165, 1.54) is 47.1 Å². The third kappa shape index (κ3) is 29.0. The van der Waals surface area contributed by atoms with Crippen LogP contribution in [-0.2, 0) is 111 Å².